The molecule has 0 unspecified atom stereocenters. The number of amides is 1. The molecule has 8 heteroatoms. The van der Waals surface area contributed by atoms with E-state index in [1.807, 2.05) is 43.3 Å². The number of rotatable bonds is 9. The number of hydrogen-bond acceptors (Lipinski definition) is 6. The average Bonchev–Trinajstić information content (AvgIpc) is 3.41. The van der Waals surface area contributed by atoms with Gasteiger partial charge in [0.15, 0.2) is 0 Å². The Hall–Kier alpha value is -3.23. The number of aryl methyl sites for hydroxylation is 1. The molecule has 1 aliphatic heterocycles. The summed E-state index contributed by atoms with van der Waals surface area (Å²) >= 11 is 0. The van der Waals surface area contributed by atoms with Crippen LogP contribution in [0.3, 0.4) is 0 Å². The predicted molar refractivity (Wildman–Crippen MR) is 132 cm³/mol. The monoisotopic (exact) mass is 493 g/mol. The number of aromatic nitrogens is 1. The lowest BCUT2D eigenvalue weighted by Crippen LogP contribution is -2.52. The third-order valence-corrected chi connectivity index (χ3v) is 7.42. The summed E-state index contributed by atoms with van der Waals surface area (Å²) in [5.41, 5.74) is 2.28. The van der Waals surface area contributed by atoms with E-state index >= 15 is 0 Å². The molecule has 5 rings (SSSR count). The molecular formula is C28H32FN3O4. The largest absolute Gasteiger partial charge is 0.487 e. The van der Waals surface area contributed by atoms with Crippen LogP contribution in [0.2, 0.25) is 0 Å². The Morgan fingerprint density at radius 2 is 2.06 bits per heavy atom. The fourth-order valence-electron chi connectivity index (χ4n) is 5.20. The quantitative estimate of drug-likeness (QED) is 0.415. The van der Waals surface area contributed by atoms with Crippen LogP contribution in [0.1, 0.15) is 65.9 Å². The highest BCUT2D eigenvalue weighted by Gasteiger charge is 2.46. The van der Waals surface area contributed by atoms with Crippen LogP contribution in [-0.2, 0) is 12.8 Å². The molecule has 7 nitrogen and oxygen atoms in total. The highest BCUT2D eigenvalue weighted by molar-refractivity contribution is 5.91. The maximum absolute atomic E-state index is 14.6. The summed E-state index contributed by atoms with van der Waals surface area (Å²) in [6.45, 7) is 2.17. The summed E-state index contributed by atoms with van der Waals surface area (Å²) in [6, 6.07) is 13.9. The SMILES string of the molecule is CCc1cc2c(cc1F)OC1(CCC1)C[C@@H]2NC[C@H](O)[C@H](Cc1ccccc1)NC(=O)c1ccno1. The Kier molecular flexibility index (Phi) is 7.07. The van der Waals surface area contributed by atoms with Crippen molar-refractivity contribution in [2.24, 2.45) is 0 Å². The zero-order valence-electron chi connectivity index (χ0n) is 20.4. The topological polar surface area (TPSA) is 96.6 Å². The Labute approximate surface area is 210 Å². The lowest BCUT2D eigenvalue weighted by Gasteiger charge is -2.48. The van der Waals surface area contributed by atoms with Gasteiger partial charge in [0.25, 0.3) is 5.91 Å². The standard InChI is InChI=1S/C28H32FN3O4/c1-2-19-14-20-23(16-28(10-6-11-28)35-26(20)15-21(19)29)30-17-24(33)22(13-18-7-4-3-5-8-18)32-27(34)25-9-12-31-36-25/h3-5,7-9,12,14-15,22-24,30,33H,2,6,10-11,13,16-17H2,1H3,(H,32,34)/t22-,23-,24-/m0/s1. The molecule has 1 aromatic heterocycles. The first kappa shape index (κ1) is 24.5. The van der Waals surface area contributed by atoms with Gasteiger partial charge in [-0.1, -0.05) is 42.4 Å². The molecule has 3 atom stereocenters. The number of nitrogens with zero attached hydrogens (tertiary/aromatic N) is 1. The number of halogens is 1. The molecule has 1 spiro atoms. The molecule has 3 aromatic rings. The molecule has 1 amide bonds. The van der Waals surface area contributed by atoms with Gasteiger partial charge < -0.3 is 25.0 Å². The van der Waals surface area contributed by atoms with Gasteiger partial charge in [0.2, 0.25) is 5.76 Å². The van der Waals surface area contributed by atoms with Gasteiger partial charge in [-0.3, -0.25) is 4.79 Å². The number of nitrogens with one attached hydrogen (secondary N) is 2. The summed E-state index contributed by atoms with van der Waals surface area (Å²) in [5, 5.41) is 21.2. The van der Waals surface area contributed by atoms with Crippen molar-refractivity contribution in [3.8, 4) is 5.75 Å². The van der Waals surface area contributed by atoms with Crippen molar-refractivity contribution in [3.05, 3.63) is 83.0 Å². The van der Waals surface area contributed by atoms with Crippen LogP contribution in [0.15, 0.2) is 59.3 Å². The summed E-state index contributed by atoms with van der Waals surface area (Å²) in [5.74, 6) is -0.000407. The van der Waals surface area contributed by atoms with Gasteiger partial charge in [-0.25, -0.2) is 4.39 Å². The normalized spacial score (nSPS) is 19.6. The number of benzene rings is 2. The highest BCUT2D eigenvalue weighted by atomic mass is 19.1. The van der Waals surface area contributed by atoms with E-state index in [0.29, 0.717) is 24.2 Å². The average molecular weight is 494 g/mol. The lowest BCUT2D eigenvalue weighted by atomic mass is 9.72. The fourth-order valence-corrected chi connectivity index (χ4v) is 5.20. The van der Waals surface area contributed by atoms with Crippen LogP contribution in [0.25, 0.3) is 0 Å². The van der Waals surface area contributed by atoms with E-state index in [-0.39, 0.29) is 29.8 Å². The van der Waals surface area contributed by atoms with Crippen molar-refractivity contribution in [1.29, 1.82) is 0 Å². The summed E-state index contributed by atoms with van der Waals surface area (Å²) in [4.78, 5) is 12.7. The minimum atomic E-state index is -0.883. The Morgan fingerprint density at radius 3 is 2.72 bits per heavy atom. The zero-order chi connectivity index (χ0) is 25.1. The van der Waals surface area contributed by atoms with E-state index in [1.54, 1.807) is 0 Å². The molecule has 1 aliphatic carbocycles. The van der Waals surface area contributed by atoms with Crippen LogP contribution in [-0.4, -0.2) is 40.5 Å². The van der Waals surface area contributed by atoms with Crippen LogP contribution < -0.4 is 15.4 Å². The van der Waals surface area contributed by atoms with E-state index in [9.17, 15) is 14.3 Å². The molecule has 0 bridgehead atoms. The fraction of sp³-hybridized carbons (Fsp3) is 0.429. The summed E-state index contributed by atoms with van der Waals surface area (Å²) in [6.07, 6.45) is 5.29. The summed E-state index contributed by atoms with van der Waals surface area (Å²) < 4.78 is 25.8. The van der Waals surface area contributed by atoms with Crippen molar-refractivity contribution >= 4 is 5.91 Å². The van der Waals surface area contributed by atoms with E-state index in [4.69, 9.17) is 9.26 Å². The number of carbonyl (C=O) groups is 1. The molecule has 2 aromatic carbocycles. The Morgan fingerprint density at radius 1 is 1.25 bits per heavy atom. The third-order valence-electron chi connectivity index (χ3n) is 7.42. The number of fused-ring (bicyclic) bond motifs is 1. The molecule has 0 saturated heterocycles. The second-order valence-corrected chi connectivity index (χ2v) is 9.85. The molecule has 1 saturated carbocycles. The number of aliphatic hydroxyl groups excluding tert-OH is 1. The lowest BCUT2D eigenvalue weighted by molar-refractivity contribution is -0.0384. The molecular weight excluding hydrogens is 461 g/mol. The Bertz CT molecular complexity index is 1180. The van der Waals surface area contributed by atoms with Crippen molar-refractivity contribution < 1.29 is 23.6 Å². The molecule has 0 radical (unpaired) electrons. The zero-order valence-corrected chi connectivity index (χ0v) is 20.4. The van der Waals surface area contributed by atoms with Gasteiger partial charge in [0.05, 0.1) is 18.3 Å². The molecule has 1 fully saturated rings. The van der Waals surface area contributed by atoms with E-state index in [2.05, 4.69) is 15.8 Å². The second-order valence-electron chi connectivity index (χ2n) is 9.85. The predicted octanol–water partition coefficient (Wildman–Crippen LogP) is 4.11. The molecule has 190 valence electrons. The smallest absolute Gasteiger partial charge is 0.290 e. The molecule has 2 heterocycles. The van der Waals surface area contributed by atoms with Gasteiger partial charge in [-0.2, -0.15) is 0 Å². The van der Waals surface area contributed by atoms with Gasteiger partial charge in [-0.05, 0) is 49.3 Å². The van der Waals surface area contributed by atoms with Gasteiger partial charge in [0, 0.05) is 36.7 Å². The first-order valence-electron chi connectivity index (χ1n) is 12.6. The number of hydrogen-bond donors (Lipinski definition) is 3. The van der Waals surface area contributed by atoms with Gasteiger partial charge in [0.1, 0.15) is 17.2 Å². The third kappa shape index (κ3) is 5.15. The van der Waals surface area contributed by atoms with Crippen LogP contribution >= 0.6 is 0 Å². The minimum absolute atomic E-state index is 0.0862. The highest BCUT2D eigenvalue weighted by Crippen LogP contribution is 2.49. The van der Waals surface area contributed by atoms with Crippen molar-refractivity contribution in [3.63, 3.8) is 0 Å². The van der Waals surface area contributed by atoms with Crippen molar-refractivity contribution in [2.45, 2.75) is 69.2 Å². The van der Waals surface area contributed by atoms with Gasteiger partial charge in [-0.15, -0.1) is 0 Å². The first-order valence-corrected chi connectivity index (χ1v) is 12.6. The molecule has 3 N–H and O–H groups in total. The number of carbonyl (C=O) groups excluding carboxylic acids is 1. The number of aliphatic hydroxyl groups is 1. The number of ether oxygens (including phenoxy) is 1. The van der Waals surface area contributed by atoms with Gasteiger partial charge >= 0.3 is 0 Å². The Balaban J connectivity index is 1.33. The maximum Gasteiger partial charge on any atom is 0.290 e. The van der Waals surface area contributed by atoms with Crippen LogP contribution in [0, 0.1) is 5.82 Å². The van der Waals surface area contributed by atoms with Crippen LogP contribution in [0.5, 0.6) is 5.75 Å². The van der Waals surface area contributed by atoms with E-state index < -0.39 is 18.1 Å². The van der Waals surface area contributed by atoms with Crippen LogP contribution in [0.4, 0.5) is 4.39 Å². The summed E-state index contributed by atoms with van der Waals surface area (Å²) in [7, 11) is 0. The van der Waals surface area contributed by atoms with Crippen molar-refractivity contribution in [1.82, 2.24) is 15.8 Å². The van der Waals surface area contributed by atoms with E-state index in [1.165, 1.54) is 18.3 Å². The second kappa shape index (κ2) is 10.4. The minimum Gasteiger partial charge on any atom is -0.487 e. The van der Waals surface area contributed by atoms with E-state index in [0.717, 1.165) is 36.8 Å². The first-order chi connectivity index (χ1) is 17.5. The maximum atomic E-state index is 14.6. The molecule has 2 aliphatic rings. The molecule has 36 heavy (non-hydrogen) atoms. The van der Waals surface area contributed by atoms with Crippen molar-refractivity contribution in [2.75, 3.05) is 6.54 Å².